The van der Waals surface area contributed by atoms with Gasteiger partial charge in [-0.05, 0) is 19.4 Å². The zero-order chi connectivity index (χ0) is 17.6. The van der Waals surface area contributed by atoms with E-state index in [-0.39, 0.29) is 19.1 Å². The van der Waals surface area contributed by atoms with E-state index in [0.29, 0.717) is 6.61 Å². The molecule has 1 aliphatic heterocycles. The Hall–Kier alpha value is -2.12. The van der Waals surface area contributed by atoms with E-state index in [2.05, 4.69) is 5.32 Å². The highest BCUT2D eigenvalue weighted by atomic mass is 16.7. The van der Waals surface area contributed by atoms with Crippen molar-refractivity contribution in [2.75, 3.05) is 13.7 Å². The number of carbonyl (C=O) groups is 2. The number of hydrogen-bond donors (Lipinski definition) is 1. The fourth-order valence-electron chi connectivity index (χ4n) is 2.41. The van der Waals surface area contributed by atoms with Gasteiger partial charge >= 0.3 is 12.1 Å². The SMILES string of the molecule is COC(=O)[C@H](C[C@H]1COC(C)(C)O1)NC(=O)OCc1ccccc1. The van der Waals surface area contributed by atoms with Crippen molar-refractivity contribution in [3.8, 4) is 0 Å². The first-order chi connectivity index (χ1) is 11.4. The lowest BCUT2D eigenvalue weighted by Gasteiger charge is -2.21. The first-order valence-electron chi connectivity index (χ1n) is 7.76. The molecular weight excluding hydrogens is 314 g/mol. The fourth-order valence-corrected chi connectivity index (χ4v) is 2.41. The van der Waals surface area contributed by atoms with E-state index in [1.165, 1.54) is 7.11 Å². The molecular formula is C17H23NO6. The molecule has 0 unspecified atom stereocenters. The van der Waals surface area contributed by atoms with Gasteiger partial charge in [0.1, 0.15) is 12.6 Å². The number of benzene rings is 1. The van der Waals surface area contributed by atoms with Crippen molar-refractivity contribution in [3.63, 3.8) is 0 Å². The van der Waals surface area contributed by atoms with Gasteiger partial charge in [-0.25, -0.2) is 9.59 Å². The molecule has 0 saturated carbocycles. The molecule has 1 aromatic rings. The Balaban J connectivity index is 1.86. The standard InChI is InChI=1S/C17H23NO6/c1-17(2)23-11-13(24-17)9-14(15(19)21-3)18-16(20)22-10-12-7-5-4-6-8-12/h4-8,13-14H,9-11H2,1-3H3,(H,18,20)/t13-,14-/m0/s1. The number of carbonyl (C=O) groups excluding carboxylic acids is 2. The predicted octanol–water partition coefficient (Wildman–Crippen LogP) is 2.00. The minimum atomic E-state index is -0.860. The van der Waals surface area contributed by atoms with Crippen molar-refractivity contribution in [3.05, 3.63) is 35.9 Å². The highest BCUT2D eigenvalue weighted by Crippen LogP contribution is 2.25. The molecule has 1 heterocycles. The average molecular weight is 337 g/mol. The van der Waals surface area contributed by atoms with Gasteiger partial charge in [0.05, 0.1) is 19.8 Å². The van der Waals surface area contributed by atoms with E-state index in [0.717, 1.165) is 5.56 Å². The number of ether oxygens (including phenoxy) is 4. The van der Waals surface area contributed by atoms with Crippen LogP contribution in [0.3, 0.4) is 0 Å². The number of alkyl carbamates (subject to hydrolysis) is 1. The second kappa shape index (κ2) is 8.12. The molecule has 0 aliphatic carbocycles. The van der Waals surface area contributed by atoms with E-state index in [9.17, 15) is 9.59 Å². The van der Waals surface area contributed by atoms with Crippen molar-refractivity contribution in [1.29, 1.82) is 0 Å². The summed E-state index contributed by atoms with van der Waals surface area (Å²) in [5, 5.41) is 2.52. The van der Waals surface area contributed by atoms with E-state index < -0.39 is 23.9 Å². The van der Waals surface area contributed by atoms with Gasteiger partial charge in [0.15, 0.2) is 5.79 Å². The second-order valence-corrected chi connectivity index (χ2v) is 5.97. The summed E-state index contributed by atoms with van der Waals surface area (Å²) in [5.41, 5.74) is 0.858. The van der Waals surface area contributed by atoms with E-state index in [1.54, 1.807) is 13.8 Å². The van der Waals surface area contributed by atoms with Crippen LogP contribution in [-0.4, -0.2) is 43.7 Å². The highest BCUT2D eigenvalue weighted by Gasteiger charge is 2.36. The Labute approximate surface area is 141 Å². The van der Waals surface area contributed by atoms with Gasteiger partial charge in [-0.1, -0.05) is 30.3 Å². The van der Waals surface area contributed by atoms with Crippen LogP contribution in [0.2, 0.25) is 0 Å². The molecule has 2 atom stereocenters. The molecule has 1 amide bonds. The molecule has 1 aromatic carbocycles. The number of esters is 1. The first kappa shape index (κ1) is 18.2. The Morgan fingerprint density at radius 2 is 2.04 bits per heavy atom. The fraction of sp³-hybridized carbons (Fsp3) is 0.529. The number of hydrogen-bond acceptors (Lipinski definition) is 6. The van der Waals surface area contributed by atoms with Crippen LogP contribution in [0.25, 0.3) is 0 Å². The maximum atomic E-state index is 11.9. The summed E-state index contributed by atoms with van der Waals surface area (Å²) >= 11 is 0. The number of nitrogens with one attached hydrogen (secondary N) is 1. The molecule has 0 spiro atoms. The predicted molar refractivity (Wildman–Crippen MR) is 85.1 cm³/mol. The lowest BCUT2D eigenvalue weighted by molar-refractivity contribution is -0.149. The largest absolute Gasteiger partial charge is 0.467 e. The van der Waals surface area contributed by atoms with Gasteiger partial charge in [-0.2, -0.15) is 0 Å². The number of rotatable bonds is 6. The normalized spacial score (nSPS) is 20.2. The van der Waals surface area contributed by atoms with Crippen LogP contribution in [0.15, 0.2) is 30.3 Å². The van der Waals surface area contributed by atoms with E-state index in [1.807, 2.05) is 30.3 Å². The van der Waals surface area contributed by atoms with Gasteiger partial charge in [-0.3, -0.25) is 0 Å². The molecule has 1 fully saturated rings. The van der Waals surface area contributed by atoms with Crippen LogP contribution >= 0.6 is 0 Å². The Kier molecular flexibility index (Phi) is 6.16. The summed E-state index contributed by atoms with van der Waals surface area (Å²) in [5.74, 6) is -1.25. The third-order valence-corrected chi connectivity index (χ3v) is 3.56. The minimum Gasteiger partial charge on any atom is -0.467 e. The summed E-state index contributed by atoms with van der Waals surface area (Å²) < 4.78 is 21.0. The number of methoxy groups -OCH3 is 1. The molecule has 0 radical (unpaired) electrons. The highest BCUT2D eigenvalue weighted by molar-refractivity contribution is 5.81. The van der Waals surface area contributed by atoms with Crippen molar-refractivity contribution < 1.29 is 28.5 Å². The molecule has 1 aliphatic rings. The maximum Gasteiger partial charge on any atom is 0.408 e. The summed E-state index contributed by atoms with van der Waals surface area (Å²) in [4.78, 5) is 23.8. The molecule has 24 heavy (non-hydrogen) atoms. The van der Waals surface area contributed by atoms with Gasteiger partial charge in [0, 0.05) is 6.42 Å². The van der Waals surface area contributed by atoms with Gasteiger partial charge in [0.25, 0.3) is 0 Å². The third kappa shape index (κ3) is 5.50. The zero-order valence-corrected chi connectivity index (χ0v) is 14.1. The van der Waals surface area contributed by atoms with Crippen LogP contribution in [-0.2, 0) is 30.3 Å². The summed E-state index contributed by atoms with van der Waals surface area (Å²) in [6.07, 6.45) is -0.748. The van der Waals surface area contributed by atoms with Crippen LogP contribution < -0.4 is 5.32 Å². The van der Waals surface area contributed by atoms with Crippen LogP contribution in [0.1, 0.15) is 25.8 Å². The Morgan fingerprint density at radius 3 is 2.62 bits per heavy atom. The van der Waals surface area contributed by atoms with E-state index >= 15 is 0 Å². The van der Waals surface area contributed by atoms with Crippen LogP contribution in [0.5, 0.6) is 0 Å². The topological polar surface area (TPSA) is 83.1 Å². The summed E-state index contributed by atoms with van der Waals surface area (Å²) in [6.45, 7) is 4.06. The quantitative estimate of drug-likeness (QED) is 0.800. The lowest BCUT2D eigenvalue weighted by atomic mass is 10.1. The van der Waals surface area contributed by atoms with Crippen molar-refractivity contribution in [2.45, 2.75) is 44.8 Å². The maximum absolute atomic E-state index is 11.9. The minimum absolute atomic E-state index is 0.122. The third-order valence-electron chi connectivity index (χ3n) is 3.56. The second-order valence-electron chi connectivity index (χ2n) is 5.97. The zero-order valence-electron chi connectivity index (χ0n) is 14.1. The molecule has 1 saturated heterocycles. The Bertz CT molecular complexity index is 559. The van der Waals surface area contributed by atoms with Crippen molar-refractivity contribution in [1.82, 2.24) is 5.32 Å². The summed E-state index contributed by atoms with van der Waals surface area (Å²) in [6, 6.07) is 8.41. The van der Waals surface area contributed by atoms with Gasteiger partial charge < -0.3 is 24.3 Å². The monoisotopic (exact) mass is 337 g/mol. The first-order valence-corrected chi connectivity index (χ1v) is 7.76. The molecule has 0 bridgehead atoms. The molecule has 0 aromatic heterocycles. The van der Waals surface area contributed by atoms with Crippen LogP contribution in [0, 0.1) is 0 Å². The van der Waals surface area contributed by atoms with Crippen molar-refractivity contribution in [2.24, 2.45) is 0 Å². The van der Waals surface area contributed by atoms with Crippen LogP contribution in [0.4, 0.5) is 4.79 Å². The average Bonchev–Trinajstić information content (AvgIpc) is 2.91. The van der Waals surface area contributed by atoms with Gasteiger partial charge in [0.2, 0.25) is 0 Å². The molecule has 2 rings (SSSR count). The Morgan fingerprint density at radius 1 is 1.33 bits per heavy atom. The lowest BCUT2D eigenvalue weighted by Crippen LogP contribution is -2.44. The molecule has 1 N–H and O–H groups in total. The molecule has 7 nitrogen and oxygen atoms in total. The smallest absolute Gasteiger partial charge is 0.408 e. The van der Waals surface area contributed by atoms with Gasteiger partial charge in [-0.15, -0.1) is 0 Å². The van der Waals surface area contributed by atoms with Crippen molar-refractivity contribution >= 4 is 12.1 Å². The summed E-state index contributed by atoms with van der Waals surface area (Å²) in [7, 11) is 1.27. The molecule has 132 valence electrons. The molecule has 7 heteroatoms. The van der Waals surface area contributed by atoms with E-state index in [4.69, 9.17) is 18.9 Å². The number of amides is 1.